The molecule has 1 N–H and O–H groups in total. The van der Waals surface area contributed by atoms with Crippen molar-refractivity contribution in [2.24, 2.45) is 0 Å². The molecule has 90 valence electrons. The summed E-state index contributed by atoms with van der Waals surface area (Å²) < 4.78 is 0. The Kier molecular flexibility index (Phi) is 3.35. The number of nitrogens with zero attached hydrogens (tertiary/aromatic N) is 2. The van der Waals surface area contributed by atoms with E-state index in [1.165, 1.54) is 12.8 Å². The first-order valence-corrected chi connectivity index (χ1v) is 6.93. The van der Waals surface area contributed by atoms with E-state index in [0.29, 0.717) is 0 Å². The van der Waals surface area contributed by atoms with Crippen molar-refractivity contribution in [3.05, 3.63) is 46.2 Å². The average molecular weight is 255 g/mol. The van der Waals surface area contributed by atoms with Gasteiger partial charge < -0.3 is 5.32 Å². The van der Waals surface area contributed by atoms with Crippen molar-refractivity contribution in [2.45, 2.75) is 25.4 Å². The third-order valence-corrected chi connectivity index (χ3v) is 3.33. The number of aromatic nitrogens is 2. The first-order chi connectivity index (χ1) is 8.90. The summed E-state index contributed by atoms with van der Waals surface area (Å²) in [6, 6.07) is 4.76. The SMILES string of the molecule is C(#Cc1cscn1)c1ccc(CNC2CC2)nc1. The molecule has 0 amide bonds. The van der Waals surface area contributed by atoms with Gasteiger partial charge in [-0.15, -0.1) is 11.3 Å². The minimum absolute atomic E-state index is 0.718. The normalized spacial score (nSPS) is 14.0. The number of nitrogens with one attached hydrogen (secondary N) is 1. The maximum atomic E-state index is 4.40. The summed E-state index contributed by atoms with van der Waals surface area (Å²) in [6.07, 6.45) is 4.43. The van der Waals surface area contributed by atoms with Crippen LogP contribution in [0.5, 0.6) is 0 Å². The molecule has 0 bridgehead atoms. The first-order valence-electron chi connectivity index (χ1n) is 5.99. The topological polar surface area (TPSA) is 37.8 Å². The molecule has 0 unspecified atom stereocenters. The van der Waals surface area contributed by atoms with E-state index in [0.717, 1.165) is 29.5 Å². The molecule has 0 saturated heterocycles. The molecule has 3 nitrogen and oxygen atoms in total. The summed E-state index contributed by atoms with van der Waals surface area (Å²) in [6.45, 7) is 0.852. The van der Waals surface area contributed by atoms with Crippen LogP contribution >= 0.6 is 11.3 Å². The van der Waals surface area contributed by atoms with Crippen LogP contribution in [0.15, 0.2) is 29.2 Å². The van der Waals surface area contributed by atoms with Crippen molar-refractivity contribution in [1.82, 2.24) is 15.3 Å². The van der Waals surface area contributed by atoms with Crippen molar-refractivity contribution in [3.63, 3.8) is 0 Å². The lowest BCUT2D eigenvalue weighted by Gasteiger charge is -2.01. The summed E-state index contributed by atoms with van der Waals surface area (Å²) >= 11 is 1.55. The van der Waals surface area contributed by atoms with Crippen LogP contribution in [0.3, 0.4) is 0 Å². The zero-order valence-electron chi connectivity index (χ0n) is 9.89. The Morgan fingerprint density at radius 1 is 1.28 bits per heavy atom. The summed E-state index contributed by atoms with van der Waals surface area (Å²) in [7, 11) is 0. The fourth-order valence-corrected chi connectivity index (χ4v) is 2.03. The van der Waals surface area contributed by atoms with Gasteiger partial charge in [-0.1, -0.05) is 5.92 Å². The monoisotopic (exact) mass is 255 g/mol. The second kappa shape index (κ2) is 5.30. The van der Waals surface area contributed by atoms with E-state index < -0.39 is 0 Å². The molecule has 1 fully saturated rings. The third-order valence-electron chi connectivity index (χ3n) is 2.74. The zero-order chi connectivity index (χ0) is 12.2. The Morgan fingerprint density at radius 3 is 2.89 bits per heavy atom. The molecular weight excluding hydrogens is 242 g/mol. The fraction of sp³-hybridized carbons (Fsp3) is 0.286. The summed E-state index contributed by atoms with van der Waals surface area (Å²) in [5.74, 6) is 6.08. The Morgan fingerprint density at radius 2 is 2.22 bits per heavy atom. The maximum absolute atomic E-state index is 4.40. The molecular formula is C14H13N3S. The number of pyridine rings is 1. The fourth-order valence-electron chi connectivity index (χ4n) is 1.55. The van der Waals surface area contributed by atoms with Crippen LogP contribution in [-0.2, 0) is 6.54 Å². The summed E-state index contributed by atoms with van der Waals surface area (Å²) in [5.41, 5.74) is 4.60. The van der Waals surface area contributed by atoms with E-state index in [-0.39, 0.29) is 0 Å². The Bertz CT molecular complexity index is 559. The van der Waals surface area contributed by atoms with Crippen LogP contribution in [0.1, 0.15) is 29.8 Å². The van der Waals surface area contributed by atoms with Gasteiger partial charge in [0.05, 0.1) is 11.2 Å². The standard InChI is InChI=1S/C14H13N3S/c1-3-13(8-16-12-5-6-12)15-7-11(1)2-4-14-9-18-10-17-14/h1,3,7,9-10,12,16H,5-6,8H2. The molecule has 0 aromatic carbocycles. The van der Waals surface area contributed by atoms with Crippen molar-refractivity contribution < 1.29 is 0 Å². The van der Waals surface area contributed by atoms with E-state index >= 15 is 0 Å². The number of rotatable bonds is 3. The van der Waals surface area contributed by atoms with Gasteiger partial charge in [-0.25, -0.2) is 4.98 Å². The van der Waals surface area contributed by atoms with E-state index in [4.69, 9.17) is 0 Å². The second-order valence-electron chi connectivity index (χ2n) is 4.32. The third kappa shape index (κ3) is 3.16. The van der Waals surface area contributed by atoms with Crippen molar-refractivity contribution in [2.75, 3.05) is 0 Å². The first kappa shape index (κ1) is 11.4. The Hall–Kier alpha value is -1.70. The van der Waals surface area contributed by atoms with Gasteiger partial charge in [-0.3, -0.25) is 4.98 Å². The highest BCUT2D eigenvalue weighted by atomic mass is 32.1. The summed E-state index contributed by atoms with van der Waals surface area (Å²) in [5, 5.41) is 5.38. The van der Waals surface area contributed by atoms with Gasteiger partial charge in [0.15, 0.2) is 0 Å². The molecule has 4 heteroatoms. The van der Waals surface area contributed by atoms with Crippen LogP contribution in [0.25, 0.3) is 0 Å². The van der Waals surface area contributed by atoms with E-state index in [1.54, 1.807) is 16.8 Å². The maximum Gasteiger partial charge on any atom is 0.124 e. The Balaban J connectivity index is 1.63. The molecule has 2 aromatic rings. The zero-order valence-corrected chi connectivity index (χ0v) is 10.7. The van der Waals surface area contributed by atoms with Crippen LogP contribution in [-0.4, -0.2) is 16.0 Å². The lowest BCUT2D eigenvalue weighted by molar-refractivity contribution is 0.674. The van der Waals surface area contributed by atoms with Crippen molar-refractivity contribution >= 4 is 11.3 Å². The number of hydrogen-bond acceptors (Lipinski definition) is 4. The van der Waals surface area contributed by atoms with Crippen LogP contribution in [0.2, 0.25) is 0 Å². The van der Waals surface area contributed by atoms with Gasteiger partial charge in [0.2, 0.25) is 0 Å². The smallest absolute Gasteiger partial charge is 0.124 e. The highest BCUT2D eigenvalue weighted by Gasteiger charge is 2.19. The van der Waals surface area contributed by atoms with Gasteiger partial charge in [0.25, 0.3) is 0 Å². The second-order valence-corrected chi connectivity index (χ2v) is 5.04. The Labute approximate surface area is 110 Å². The molecule has 1 aliphatic rings. The van der Waals surface area contributed by atoms with Gasteiger partial charge in [-0.05, 0) is 30.9 Å². The molecule has 2 aromatic heterocycles. The molecule has 0 radical (unpaired) electrons. The molecule has 2 heterocycles. The number of thiazole rings is 1. The molecule has 1 aliphatic carbocycles. The van der Waals surface area contributed by atoms with Crippen LogP contribution < -0.4 is 5.32 Å². The van der Waals surface area contributed by atoms with Gasteiger partial charge >= 0.3 is 0 Å². The lowest BCUT2D eigenvalue weighted by Crippen LogP contribution is -2.16. The van der Waals surface area contributed by atoms with Gasteiger partial charge in [0, 0.05) is 29.7 Å². The quantitative estimate of drug-likeness (QED) is 0.854. The highest BCUT2D eigenvalue weighted by molar-refractivity contribution is 7.07. The minimum atomic E-state index is 0.718. The van der Waals surface area contributed by atoms with E-state index in [1.807, 2.05) is 23.7 Å². The molecule has 0 spiro atoms. The van der Waals surface area contributed by atoms with Gasteiger partial charge in [0.1, 0.15) is 5.69 Å². The molecule has 0 atom stereocenters. The van der Waals surface area contributed by atoms with Crippen LogP contribution in [0.4, 0.5) is 0 Å². The van der Waals surface area contributed by atoms with Gasteiger partial charge in [-0.2, -0.15) is 0 Å². The lowest BCUT2D eigenvalue weighted by atomic mass is 10.2. The van der Waals surface area contributed by atoms with Crippen molar-refractivity contribution in [3.8, 4) is 11.8 Å². The predicted molar refractivity (Wildman–Crippen MR) is 72.2 cm³/mol. The predicted octanol–water partition coefficient (Wildman–Crippen LogP) is 2.19. The van der Waals surface area contributed by atoms with Crippen molar-refractivity contribution in [1.29, 1.82) is 0 Å². The van der Waals surface area contributed by atoms with E-state index in [9.17, 15) is 0 Å². The molecule has 3 rings (SSSR count). The highest BCUT2D eigenvalue weighted by Crippen LogP contribution is 2.18. The van der Waals surface area contributed by atoms with Crippen LogP contribution in [0, 0.1) is 11.8 Å². The number of hydrogen-bond donors (Lipinski definition) is 1. The molecule has 1 saturated carbocycles. The molecule has 18 heavy (non-hydrogen) atoms. The summed E-state index contributed by atoms with van der Waals surface area (Å²) in [4.78, 5) is 8.51. The minimum Gasteiger partial charge on any atom is -0.308 e. The van der Waals surface area contributed by atoms with E-state index in [2.05, 4.69) is 27.1 Å². The molecule has 0 aliphatic heterocycles. The average Bonchev–Trinajstić information content (AvgIpc) is 3.09. The largest absolute Gasteiger partial charge is 0.308 e.